The monoisotopic (exact) mass is 280 g/mol. The Bertz CT molecular complexity index is 501. The molecular weight excluding hydrogens is 260 g/mol. The molecule has 1 saturated heterocycles. The fourth-order valence-corrected chi connectivity index (χ4v) is 2.64. The zero-order chi connectivity index (χ0) is 14.0. The van der Waals surface area contributed by atoms with Gasteiger partial charge >= 0.3 is 0 Å². The highest BCUT2D eigenvalue weighted by atomic mass is 32.1. The first-order chi connectivity index (χ1) is 8.91. The van der Waals surface area contributed by atoms with Crippen LogP contribution in [0.3, 0.4) is 0 Å². The number of amides is 1. The first-order valence-corrected chi connectivity index (χ1v) is 7.37. The van der Waals surface area contributed by atoms with Crippen LogP contribution in [-0.4, -0.2) is 23.4 Å². The number of rotatable bonds is 3. The van der Waals surface area contributed by atoms with Crippen molar-refractivity contribution in [1.82, 2.24) is 15.6 Å². The summed E-state index contributed by atoms with van der Waals surface area (Å²) in [5.41, 5.74) is 0.783. The molecule has 0 bridgehead atoms. The number of aliphatic imine (C=N–C) groups is 1. The Labute approximate surface area is 117 Å². The van der Waals surface area contributed by atoms with Crippen LogP contribution in [0, 0.1) is 0 Å². The number of hydrogen-bond acceptors (Lipinski definition) is 4. The summed E-state index contributed by atoms with van der Waals surface area (Å²) in [4.78, 5) is 20.8. The van der Waals surface area contributed by atoms with Gasteiger partial charge < -0.3 is 5.32 Å². The van der Waals surface area contributed by atoms with Crippen LogP contribution in [0.15, 0.2) is 10.4 Å². The van der Waals surface area contributed by atoms with E-state index in [-0.39, 0.29) is 11.3 Å². The predicted octanol–water partition coefficient (Wildman–Crippen LogP) is 1.97. The molecule has 1 amide bonds. The van der Waals surface area contributed by atoms with Crippen molar-refractivity contribution in [3.8, 4) is 0 Å². The third-order valence-electron chi connectivity index (χ3n) is 2.74. The zero-order valence-electron chi connectivity index (χ0n) is 11.8. The van der Waals surface area contributed by atoms with E-state index in [1.165, 1.54) is 0 Å². The van der Waals surface area contributed by atoms with Crippen LogP contribution in [0.5, 0.6) is 0 Å². The number of aromatic nitrogens is 1. The van der Waals surface area contributed by atoms with E-state index >= 15 is 0 Å². The Morgan fingerprint density at radius 3 is 2.79 bits per heavy atom. The number of guanidine groups is 1. The number of carbonyl (C=O) groups excluding carboxylic acids is 1. The van der Waals surface area contributed by atoms with Crippen LogP contribution in [0.1, 0.15) is 50.9 Å². The molecule has 2 rings (SSSR count). The largest absolute Gasteiger partial charge is 0.339 e. The summed E-state index contributed by atoms with van der Waals surface area (Å²) < 4.78 is 0. The van der Waals surface area contributed by atoms with Gasteiger partial charge in [-0.05, 0) is 6.42 Å². The molecule has 19 heavy (non-hydrogen) atoms. The molecule has 1 aromatic heterocycles. The molecule has 6 heteroatoms. The van der Waals surface area contributed by atoms with Crippen LogP contribution < -0.4 is 10.6 Å². The molecule has 0 radical (unpaired) electrons. The molecule has 104 valence electrons. The first-order valence-electron chi connectivity index (χ1n) is 6.49. The maximum Gasteiger partial charge on any atom is 0.255 e. The summed E-state index contributed by atoms with van der Waals surface area (Å²) in [5, 5.41) is 8.82. The molecule has 1 aliphatic heterocycles. The summed E-state index contributed by atoms with van der Waals surface area (Å²) in [6, 6.07) is -0.414. The van der Waals surface area contributed by atoms with Crippen molar-refractivity contribution in [3.63, 3.8) is 0 Å². The lowest BCUT2D eigenvalue weighted by molar-refractivity contribution is -0.120. The second kappa shape index (κ2) is 5.28. The highest BCUT2D eigenvalue weighted by Gasteiger charge is 2.32. The van der Waals surface area contributed by atoms with Crippen molar-refractivity contribution in [2.75, 3.05) is 6.54 Å². The third-order valence-corrected chi connectivity index (χ3v) is 4.02. The molecule has 1 unspecified atom stereocenters. The van der Waals surface area contributed by atoms with Gasteiger partial charge in [-0.3, -0.25) is 15.1 Å². The minimum absolute atomic E-state index is 0.0110. The number of carbonyl (C=O) groups is 1. The average molecular weight is 280 g/mol. The quantitative estimate of drug-likeness (QED) is 0.889. The first kappa shape index (κ1) is 14.0. The maximum absolute atomic E-state index is 11.9. The predicted molar refractivity (Wildman–Crippen MR) is 77.4 cm³/mol. The van der Waals surface area contributed by atoms with Crippen molar-refractivity contribution in [1.29, 1.82) is 0 Å². The second-order valence-electron chi connectivity index (χ2n) is 5.62. The fourth-order valence-electron chi connectivity index (χ4n) is 1.71. The van der Waals surface area contributed by atoms with Gasteiger partial charge in [-0.25, -0.2) is 4.98 Å². The molecule has 0 saturated carbocycles. The zero-order valence-corrected chi connectivity index (χ0v) is 12.6. The molecule has 5 nitrogen and oxygen atoms in total. The van der Waals surface area contributed by atoms with Crippen molar-refractivity contribution >= 4 is 23.2 Å². The van der Waals surface area contributed by atoms with Gasteiger partial charge in [0.1, 0.15) is 0 Å². The van der Waals surface area contributed by atoms with E-state index < -0.39 is 6.04 Å². The highest BCUT2D eigenvalue weighted by molar-refractivity contribution is 7.09. The fraction of sp³-hybridized carbons (Fsp3) is 0.615. The Balaban J connectivity index is 2.15. The van der Waals surface area contributed by atoms with Crippen LogP contribution in [0.25, 0.3) is 0 Å². The second-order valence-corrected chi connectivity index (χ2v) is 6.48. The summed E-state index contributed by atoms with van der Waals surface area (Å²) >= 11 is 1.59. The Morgan fingerprint density at radius 2 is 2.21 bits per heavy atom. The molecule has 0 spiro atoms. The summed E-state index contributed by atoms with van der Waals surface area (Å²) in [7, 11) is 0. The SMILES string of the molecule is CCCN=C1NC(=O)C(c2csc(C(C)(C)C)n2)N1. The topological polar surface area (TPSA) is 66.4 Å². The van der Waals surface area contributed by atoms with E-state index in [0.29, 0.717) is 12.5 Å². The van der Waals surface area contributed by atoms with Gasteiger partial charge in [-0.1, -0.05) is 27.7 Å². The third kappa shape index (κ3) is 3.12. The molecular formula is C13H20N4OS. The molecule has 0 aromatic carbocycles. The van der Waals surface area contributed by atoms with Crippen LogP contribution in [-0.2, 0) is 10.2 Å². The van der Waals surface area contributed by atoms with E-state index in [1.54, 1.807) is 11.3 Å². The molecule has 1 atom stereocenters. The van der Waals surface area contributed by atoms with E-state index in [1.807, 2.05) is 12.3 Å². The smallest absolute Gasteiger partial charge is 0.255 e. The van der Waals surface area contributed by atoms with Gasteiger partial charge in [0.2, 0.25) is 0 Å². The molecule has 2 heterocycles. The van der Waals surface area contributed by atoms with Crippen molar-refractivity contribution < 1.29 is 4.79 Å². The molecule has 2 N–H and O–H groups in total. The van der Waals surface area contributed by atoms with Crippen LogP contribution in [0.2, 0.25) is 0 Å². The van der Waals surface area contributed by atoms with Crippen molar-refractivity contribution in [2.45, 2.75) is 45.6 Å². The number of thiazole rings is 1. The molecule has 1 fully saturated rings. The Hall–Kier alpha value is -1.43. The minimum Gasteiger partial charge on any atom is -0.339 e. The van der Waals surface area contributed by atoms with Gasteiger partial charge in [-0.2, -0.15) is 0 Å². The van der Waals surface area contributed by atoms with Gasteiger partial charge in [0, 0.05) is 17.3 Å². The maximum atomic E-state index is 11.9. The van der Waals surface area contributed by atoms with Crippen molar-refractivity contribution in [2.24, 2.45) is 4.99 Å². The average Bonchev–Trinajstić information content (AvgIpc) is 2.91. The Morgan fingerprint density at radius 1 is 1.47 bits per heavy atom. The molecule has 1 aliphatic rings. The lowest BCUT2D eigenvalue weighted by Crippen LogP contribution is -2.25. The summed E-state index contributed by atoms with van der Waals surface area (Å²) in [5.74, 6) is 0.475. The normalized spacial score (nSPS) is 21.6. The number of nitrogens with zero attached hydrogens (tertiary/aromatic N) is 2. The lowest BCUT2D eigenvalue weighted by atomic mass is 9.98. The van der Waals surface area contributed by atoms with Gasteiger partial charge in [0.05, 0.1) is 10.7 Å². The minimum atomic E-state index is -0.414. The van der Waals surface area contributed by atoms with E-state index in [4.69, 9.17) is 0 Å². The van der Waals surface area contributed by atoms with Gasteiger partial charge in [-0.15, -0.1) is 11.3 Å². The molecule has 1 aromatic rings. The van der Waals surface area contributed by atoms with E-state index in [2.05, 4.69) is 41.4 Å². The van der Waals surface area contributed by atoms with Crippen LogP contribution >= 0.6 is 11.3 Å². The molecule has 0 aliphatic carbocycles. The standard InChI is InChI=1S/C13H20N4OS/c1-5-6-14-12-16-9(10(18)17-12)8-7-19-11(15-8)13(2,3)4/h7,9H,5-6H2,1-4H3,(H2,14,16,17,18). The highest BCUT2D eigenvalue weighted by Crippen LogP contribution is 2.28. The summed E-state index contributed by atoms with van der Waals surface area (Å²) in [6.45, 7) is 9.11. The van der Waals surface area contributed by atoms with Gasteiger partial charge in [0.25, 0.3) is 5.91 Å². The lowest BCUT2D eigenvalue weighted by Gasteiger charge is -2.13. The number of nitrogens with one attached hydrogen (secondary N) is 2. The van der Waals surface area contributed by atoms with E-state index in [9.17, 15) is 4.79 Å². The van der Waals surface area contributed by atoms with Crippen molar-refractivity contribution in [3.05, 3.63) is 16.1 Å². The van der Waals surface area contributed by atoms with Crippen LogP contribution in [0.4, 0.5) is 0 Å². The Kier molecular flexibility index (Phi) is 3.89. The number of hydrogen-bond donors (Lipinski definition) is 2. The van der Waals surface area contributed by atoms with E-state index in [0.717, 1.165) is 17.1 Å². The van der Waals surface area contributed by atoms with Gasteiger partial charge in [0.15, 0.2) is 12.0 Å². The summed E-state index contributed by atoms with van der Waals surface area (Å²) in [6.07, 6.45) is 0.955.